The Morgan fingerprint density at radius 3 is 2.65 bits per heavy atom. The number of benzene rings is 1. The number of nitrogens with one attached hydrogen (secondary N) is 1. The average molecular weight is 301 g/mol. The fourth-order valence-electron chi connectivity index (χ4n) is 1.73. The van der Waals surface area contributed by atoms with Gasteiger partial charge in [0, 0.05) is 29.8 Å². The van der Waals surface area contributed by atoms with Crippen LogP contribution in [0.4, 0.5) is 5.69 Å². The molecule has 0 aromatic heterocycles. The van der Waals surface area contributed by atoms with Crippen LogP contribution in [0.5, 0.6) is 0 Å². The fourth-order valence-corrected chi connectivity index (χ4v) is 2.23. The van der Waals surface area contributed by atoms with Crippen molar-refractivity contribution in [2.75, 3.05) is 31.1 Å². The molecule has 0 spiro atoms. The first-order valence-electron chi connectivity index (χ1n) is 6.07. The molecule has 0 saturated carbocycles. The van der Waals surface area contributed by atoms with E-state index in [0.717, 1.165) is 29.8 Å². The molecule has 4 heteroatoms. The zero-order valence-electron chi connectivity index (χ0n) is 10.5. The number of anilines is 1. The van der Waals surface area contributed by atoms with Gasteiger partial charge in [-0.05, 0) is 31.2 Å². The summed E-state index contributed by atoms with van der Waals surface area (Å²) in [6, 6.07) is 6.35. The van der Waals surface area contributed by atoms with Crippen LogP contribution in [0.15, 0.2) is 22.7 Å². The van der Waals surface area contributed by atoms with Crippen molar-refractivity contribution in [3.8, 4) is 0 Å². The molecule has 1 aromatic carbocycles. The molecule has 0 amide bonds. The number of aliphatic hydroxyl groups is 1. The highest BCUT2D eigenvalue weighted by Gasteiger charge is 2.06. The van der Waals surface area contributed by atoms with E-state index in [1.54, 1.807) is 0 Å². The third-order valence-electron chi connectivity index (χ3n) is 2.72. The average Bonchev–Trinajstić information content (AvgIpc) is 2.34. The van der Waals surface area contributed by atoms with E-state index < -0.39 is 0 Å². The molecular weight excluding hydrogens is 280 g/mol. The van der Waals surface area contributed by atoms with Crippen LogP contribution < -0.4 is 10.2 Å². The Kier molecular flexibility index (Phi) is 6.55. The molecule has 1 rings (SSSR count). The predicted octanol–water partition coefficient (Wildman–Crippen LogP) is 2.38. The second-order valence-electron chi connectivity index (χ2n) is 3.86. The van der Waals surface area contributed by atoms with Crippen molar-refractivity contribution in [3.63, 3.8) is 0 Å². The first-order valence-corrected chi connectivity index (χ1v) is 6.87. The third kappa shape index (κ3) is 4.30. The molecule has 0 aliphatic carbocycles. The van der Waals surface area contributed by atoms with E-state index in [0.29, 0.717) is 6.54 Å². The Balaban J connectivity index is 2.79. The Hall–Kier alpha value is -0.580. The molecule has 2 N–H and O–H groups in total. The van der Waals surface area contributed by atoms with Crippen LogP contribution in [-0.4, -0.2) is 31.3 Å². The Bertz CT molecular complexity index is 344. The van der Waals surface area contributed by atoms with Crippen molar-refractivity contribution in [1.82, 2.24) is 5.32 Å². The molecule has 96 valence electrons. The molecule has 0 aliphatic rings. The van der Waals surface area contributed by atoms with Crippen LogP contribution >= 0.6 is 15.9 Å². The van der Waals surface area contributed by atoms with Gasteiger partial charge in [-0.15, -0.1) is 0 Å². The second kappa shape index (κ2) is 7.69. The normalized spacial score (nSPS) is 10.6. The summed E-state index contributed by atoms with van der Waals surface area (Å²) in [6.45, 7) is 7.81. The van der Waals surface area contributed by atoms with E-state index in [2.05, 4.69) is 58.2 Å². The number of nitrogens with zero attached hydrogens (tertiary/aromatic N) is 1. The topological polar surface area (TPSA) is 35.5 Å². The lowest BCUT2D eigenvalue weighted by molar-refractivity contribution is 0.302. The first kappa shape index (κ1) is 14.5. The van der Waals surface area contributed by atoms with Gasteiger partial charge in [0.2, 0.25) is 0 Å². The summed E-state index contributed by atoms with van der Waals surface area (Å²) >= 11 is 3.60. The molecule has 0 radical (unpaired) electrons. The van der Waals surface area contributed by atoms with Crippen LogP contribution in [0.2, 0.25) is 0 Å². The number of hydrogen-bond donors (Lipinski definition) is 2. The van der Waals surface area contributed by atoms with E-state index in [9.17, 15) is 0 Å². The maximum atomic E-state index is 9.01. The molecule has 0 aliphatic heterocycles. The van der Waals surface area contributed by atoms with E-state index >= 15 is 0 Å². The van der Waals surface area contributed by atoms with E-state index in [1.807, 2.05) is 0 Å². The van der Waals surface area contributed by atoms with Gasteiger partial charge < -0.3 is 15.3 Å². The number of halogens is 1. The lowest BCUT2D eigenvalue weighted by atomic mass is 10.2. The summed E-state index contributed by atoms with van der Waals surface area (Å²) < 4.78 is 1.12. The minimum atomic E-state index is 0.185. The smallest absolute Gasteiger partial charge is 0.0606 e. The van der Waals surface area contributed by atoms with Gasteiger partial charge in [-0.2, -0.15) is 0 Å². The van der Waals surface area contributed by atoms with Crippen LogP contribution in [0, 0.1) is 0 Å². The van der Waals surface area contributed by atoms with Crippen LogP contribution in [0.1, 0.15) is 19.4 Å². The fraction of sp³-hybridized carbons (Fsp3) is 0.538. The van der Waals surface area contributed by atoms with Gasteiger partial charge in [0.15, 0.2) is 0 Å². The zero-order valence-corrected chi connectivity index (χ0v) is 12.1. The largest absolute Gasteiger partial charge is 0.395 e. The Labute approximate surface area is 112 Å². The van der Waals surface area contributed by atoms with Crippen molar-refractivity contribution in [3.05, 3.63) is 28.2 Å². The summed E-state index contributed by atoms with van der Waals surface area (Å²) in [7, 11) is 0. The molecule has 0 bridgehead atoms. The Morgan fingerprint density at radius 2 is 2.12 bits per heavy atom. The predicted molar refractivity (Wildman–Crippen MR) is 76.5 cm³/mol. The highest BCUT2D eigenvalue weighted by molar-refractivity contribution is 9.10. The standard InChI is InChI=1S/C13H21BrN2O/c1-3-15-10-11-5-6-12(9-13(11)14)16(4-2)7-8-17/h5-6,9,15,17H,3-4,7-8,10H2,1-2H3. The lowest BCUT2D eigenvalue weighted by Gasteiger charge is -2.22. The van der Waals surface area contributed by atoms with Gasteiger partial charge in [-0.3, -0.25) is 0 Å². The number of likely N-dealkylation sites (N-methyl/N-ethyl adjacent to an activating group) is 1. The van der Waals surface area contributed by atoms with Gasteiger partial charge in [0.05, 0.1) is 6.61 Å². The maximum Gasteiger partial charge on any atom is 0.0606 e. The quantitative estimate of drug-likeness (QED) is 0.811. The number of hydrogen-bond acceptors (Lipinski definition) is 3. The zero-order chi connectivity index (χ0) is 12.7. The molecule has 0 fully saturated rings. The van der Waals surface area contributed by atoms with E-state index in [4.69, 9.17) is 5.11 Å². The van der Waals surface area contributed by atoms with Crippen molar-refractivity contribution in [2.24, 2.45) is 0 Å². The monoisotopic (exact) mass is 300 g/mol. The summed E-state index contributed by atoms with van der Waals surface area (Å²) in [6.07, 6.45) is 0. The Morgan fingerprint density at radius 1 is 1.35 bits per heavy atom. The summed E-state index contributed by atoms with van der Waals surface area (Å²) in [5, 5.41) is 12.3. The minimum absolute atomic E-state index is 0.185. The molecule has 17 heavy (non-hydrogen) atoms. The molecule has 0 atom stereocenters. The summed E-state index contributed by atoms with van der Waals surface area (Å²) in [5.41, 5.74) is 2.41. The van der Waals surface area contributed by atoms with Gasteiger partial charge in [-0.1, -0.05) is 28.9 Å². The maximum absolute atomic E-state index is 9.01. The van der Waals surface area contributed by atoms with Gasteiger partial charge in [-0.25, -0.2) is 0 Å². The van der Waals surface area contributed by atoms with Gasteiger partial charge in [0.25, 0.3) is 0 Å². The molecule has 0 unspecified atom stereocenters. The molecule has 0 saturated heterocycles. The van der Waals surface area contributed by atoms with E-state index in [-0.39, 0.29) is 6.61 Å². The third-order valence-corrected chi connectivity index (χ3v) is 3.46. The van der Waals surface area contributed by atoms with Crippen molar-refractivity contribution >= 4 is 21.6 Å². The summed E-state index contributed by atoms with van der Waals surface area (Å²) in [5.74, 6) is 0. The highest BCUT2D eigenvalue weighted by atomic mass is 79.9. The molecule has 0 heterocycles. The molecule has 3 nitrogen and oxygen atoms in total. The SMILES string of the molecule is CCNCc1ccc(N(CC)CCO)cc1Br. The van der Waals surface area contributed by atoms with E-state index in [1.165, 1.54) is 5.56 Å². The van der Waals surface area contributed by atoms with Crippen molar-refractivity contribution in [1.29, 1.82) is 0 Å². The van der Waals surface area contributed by atoms with Crippen LogP contribution in [0.3, 0.4) is 0 Å². The van der Waals surface area contributed by atoms with Crippen LogP contribution in [0.25, 0.3) is 0 Å². The lowest BCUT2D eigenvalue weighted by Crippen LogP contribution is -2.26. The second-order valence-corrected chi connectivity index (χ2v) is 4.71. The first-order chi connectivity index (χ1) is 8.22. The van der Waals surface area contributed by atoms with Gasteiger partial charge in [0.1, 0.15) is 0 Å². The molecule has 1 aromatic rings. The highest BCUT2D eigenvalue weighted by Crippen LogP contribution is 2.24. The molecular formula is C13H21BrN2O. The number of aliphatic hydroxyl groups excluding tert-OH is 1. The van der Waals surface area contributed by atoms with Crippen molar-refractivity contribution in [2.45, 2.75) is 20.4 Å². The van der Waals surface area contributed by atoms with Gasteiger partial charge >= 0.3 is 0 Å². The van der Waals surface area contributed by atoms with Crippen LogP contribution in [-0.2, 0) is 6.54 Å². The number of rotatable bonds is 7. The minimum Gasteiger partial charge on any atom is -0.395 e. The summed E-state index contributed by atoms with van der Waals surface area (Å²) in [4.78, 5) is 2.15. The van der Waals surface area contributed by atoms with Crippen molar-refractivity contribution < 1.29 is 5.11 Å².